The van der Waals surface area contributed by atoms with Gasteiger partial charge in [-0.25, -0.2) is 9.59 Å². The molecule has 0 spiro atoms. The number of aliphatic hydroxyl groups is 4. The third kappa shape index (κ3) is 6.19. The summed E-state index contributed by atoms with van der Waals surface area (Å²) in [5.74, 6) is -1.04. The second-order valence-electron chi connectivity index (χ2n) is 19.4. The van der Waals surface area contributed by atoms with Gasteiger partial charge in [-0.2, -0.15) is 0 Å². The second-order valence-corrected chi connectivity index (χ2v) is 19.4. The lowest BCUT2D eigenvalue weighted by Gasteiger charge is -2.61. The lowest BCUT2D eigenvalue weighted by Crippen LogP contribution is -2.63. The normalized spacial score (nSPS) is 49.7. The number of rotatable bonds is 6. The number of ketones is 2. The van der Waals surface area contributed by atoms with Crippen LogP contribution in [0.15, 0.2) is 25.3 Å². The van der Waals surface area contributed by atoms with E-state index in [1.807, 2.05) is 13.8 Å². The van der Waals surface area contributed by atoms with Crippen LogP contribution >= 0.6 is 0 Å². The Hall–Kier alpha value is -2.40. The molecular weight excluding hydrogens is 688 g/mol. The van der Waals surface area contributed by atoms with Gasteiger partial charge in [0.2, 0.25) is 0 Å². The maximum atomic E-state index is 13.1. The van der Waals surface area contributed by atoms with E-state index in [1.165, 1.54) is 0 Å². The van der Waals surface area contributed by atoms with Crippen LogP contribution in [0, 0.1) is 68.0 Å². The van der Waals surface area contributed by atoms with Crippen LogP contribution in [-0.4, -0.2) is 81.6 Å². The highest BCUT2D eigenvalue weighted by molar-refractivity contribution is 5.86. The highest BCUT2D eigenvalue weighted by atomic mass is 16.6. The fourth-order valence-electron chi connectivity index (χ4n) is 13.4. The Morgan fingerprint density at radius 2 is 1.00 bits per heavy atom. The lowest BCUT2D eigenvalue weighted by atomic mass is 9.44. The molecule has 0 aliphatic heterocycles. The third-order valence-corrected chi connectivity index (χ3v) is 17.4. The molecule has 304 valence electrons. The Balaban J connectivity index is 0.000000208. The van der Waals surface area contributed by atoms with Gasteiger partial charge in [-0.05, 0) is 85.9 Å². The second kappa shape index (κ2) is 14.8. The predicted molar refractivity (Wildman–Crippen MR) is 203 cm³/mol. The van der Waals surface area contributed by atoms with Crippen LogP contribution in [0.2, 0.25) is 0 Å². The molecule has 16 atom stereocenters. The molecule has 10 unspecified atom stereocenters. The molecule has 10 nitrogen and oxygen atoms in total. The first kappa shape index (κ1) is 42.7. The van der Waals surface area contributed by atoms with Crippen molar-refractivity contribution in [1.82, 2.24) is 0 Å². The van der Waals surface area contributed by atoms with E-state index >= 15 is 0 Å². The Morgan fingerprint density at radius 3 is 1.30 bits per heavy atom. The zero-order valence-corrected chi connectivity index (χ0v) is 34.1. The molecule has 6 rings (SSSR count). The van der Waals surface area contributed by atoms with Crippen LogP contribution in [0.4, 0.5) is 0 Å². The van der Waals surface area contributed by atoms with Crippen molar-refractivity contribution in [1.29, 1.82) is 0 Å². The lowest BCUT2D eigenvalue weighted by molar-refractivity contribution is -0.207. The number of Topliss-reactive ketones (excluding diaryl/α,β-unsaturated/α-hetero) is 2. The average molecular weight is 757 g/mol. The van der Waals surface area contributed by atoms with Crippen molar-refractivity contribution >= 4 is 23.5 Å². The fourth-order valence-corrected chi connectivity index (χ4v) is 13.4. The van der Waals surface area contributed by atoms with E-state index in [0.29, 0.717) is 25.7 Å². The van der Waals surface area contributed by atoms with Crippen molar-refractivity contribution < 1.29 is 49.1 Å². The van der Waals surface area contributed by atoms with Gasteiger partial charge in [-0.3, -0.25) is 9.59 Å². The zero-order valence-electron chi connectivity index (χ0n) is 34.1. The smallest absolute Gasteiger partial charge is 0.332 e. The van der Waals surface area contributed by atoms with E-state index in [-0.39, 0.29) is 57.9 Å². The molecule has 0 saturated heterocycles. The van der Waals surface area contributed by atoms with Gasteiger partial charge in [-0.15, -0.1) is 13.2 Å². The summed E-state index contributed by atoms with van der Waals surface area (Å²) in [6.45, 7) is 23.1. The van der Waals surface area contributed by atoms with Crippen molar-refractivity contribution in [2.75, 3.05) is 13.2 Å². The van der Waals surface area contributed by atoms with Gasteiger partial charge >= 0.3 is 11.9 Å². The molecule has 6 aliphatic rings. The van der Waals surface area contributed by atoms with Crippen molar-refractivity contribution in [2.24, 2.45) is 68.0 Å². The zero-order chi connectivity index (χ0) is 40.4. The van der Waals surface area contributed by atoms with Gasteiger partial charge in [0.05, 0.1) is 12.2 Å². The Labute approximate surface area is 322 Å². The van der Waals surface area contributed by atoms with Crippen LogP contribution in [0.25, 0.3) is 0 Å². The van der Waals surface area contributed by atoms with E-state index in [2.05, 4.69) is 54.7 Å². The molecule has 4 bridgehead atoms. The summed E-state index contributed by atoms with van der Waals surface area (Å²) in [5, 5.41) is 41.2. The molecule has 0 heterocycles. The number of esters is 2. The summed E-state index contributed by atoms with van der Waals surface area (Å²) in [6.07, 6.45) is 8.20. The van der Waals surface area contributed by atoms with Crippen LogP contribution < -0.4 is 0 Å². The molecule has 4 N–H and O–H groups in total. The number of ether oxygens (including phenoxy) is 2. The molecule has 0 aromatic carbocycles. The number of hydrogen-bond donors (Lipinski definition) is 4. The maximum absolute atomic E-state index is 13.1. The van der Waals surface area contributed by atoms with Gasteiger partial charge in [-0.1, -0.05) is 67.5 Å². The molecule has 6 aliphatic carbocycles. The van der Waals surface area contributed by atoms with Gasteiger partial charge in [0.15, 0.2) is 0 Å². The Kier molecular flexibility index (Phi) is 11.7. The molecule has 6 fully saturated rings. The summed E-state index contributed by atoms with van der Waals surface area (Å²) in [7, 11) is 0. The van der Waals surface area contributed by atoms with E-state index in [1.54, 1.807) is 12.2 Å². The van der Waals surface area contributed by atoms with Gasteiger partial charge < -0.3 is 29.9 Å². The quantitative estimate of drug-likeness (QED) is 0.193. The van der Waals surface area contributed by atoms with Gasteiger partial charge in [0.25, 0.3) is 0 Å². The molecule has 0 aromatic heterocycles. The standard InChI is InChI=1S/2C22H34O5/c2*1-6-20(4)11-16(27-17(25)12-23)21(5)13(2)7-9-22(14(3)19(20)26)10-8-15(24)18(21)22/h2*6,13-14,16,18-19,23,26H,1,7-12H2,2-5H3/t13?,14-,16+,18?,19?,20?,21?,22?;13?,14-,16+,18?,19-,20+,21?,22?/m00/s1. The highest BCUT2D eigenvalue weighted by Gasteiger charge is 2.70. The predicted octanol–water partition coefficient (Wildman–Crippen LogP) is 5.77. The van der Waals surface area contributed by atoms with Crippen molar-refractivity contribution in [2.45, 2.75) is 144 Å². The molecule has 0 radical (unpaired) electrons. The van der Waals surface area contributed by atoms with Gasteiger partial charge in [0, 0.05) is 46.3 Å². The number of aliphatic hydroxyl groups excluding tert-OH is 4. The van der Waals surface area contributed by atoms with E-state index < -0.39 is 71.2 Å². The van der Waals surface area contributed by atoms with E-state index in [0.717, 1.165) is 38.5 Å². The molecule has 0 amide bonds. The monoisotopic (exact) mass is 756 g/mol. The minimum atomic E-state index is -0.686. The van der Waals surface area contributed by atoms with Crippen LogP contribution in [-0.2, 0) is 28.7 Å². The fraction of sp³-hybridized carbons (Fsp3) is 0.818. The van der Waals surface area contributed by atoms with E-state index in [9.17, 15) is 39.6 Å². The van der Waals surface area contributed by atoms with Crippen molar-refractivity contribution in [3.63, 3.8) is 0 Å². The summed E-state index contributed by atoms with van der Waals surface area (Å²) in [6, 6.07) is 0. The van der Waals surface area contributed by atoms with Crippen LogP contribution in [0.1, 0.15) is 120 Å². The highest BCUT2D eigenvalue weighted by Crippen LogP contribution is 2.69. The molecule has 10 heteroatoms. The number of carbonyl (C=O) groups is 4. The Bertz CT molecular complexity index is 1400. The topological polar surface area (TPSA) is 168 Å². The summed E-state index contributed by atoms with van der Waals surface area (Å²) in [4.78, 5) is 50.4. The minimum absolute atomic E-state index is 0.0433. The number of carbonyl (C=O) groups excluding carboxylic acids is 4. The molecular formula is C44H68O10. The first-order chi connectivity index (χ1) is 25.1. The van der Waals surface area contributed by atoms with Gasteiger partial charge in [0.1, 0.15) is 37.0 Å². The maximum Gasteiger partial charge on any atom is 0.332 e. The van der Waals surface area contributed by atoms with Crippen molar-refractivity contribution in [3.8, 4) is 0 Å². The van der Waals surface area contributed by atoms with E-state index in [4.69, 9.17) is 9.47 Å². The number of hydrogen-bond acceptors (Lipinski definition) is 10. The summed E-state index contributed by atoms with van der Waals surface area (Å²) < 4.78 is 11.5. The minimum Gasteiger partial charge on any atom is -0.460 e. The Morgan fingerprint density at radius 1 is 0.667 bits per heavy atom. The first-order valence-electron chi connectivity index (χ1n) is 20.4. The molecule has 0 aromatic rings. The summed E-state index contributed by atoms with van der Waals surface area (Å²) in [5.41, 5.74) is -2.85. The first-order valence-corrected chi connectivity index (χ1v) is 20.4. The van der Waals surface area contributed by atoms with Crippen molar-refractivity contribution in [3.05, 3.63) is 25.3 Å². The largest absolute Gasteiger partial charge is 0.460 e. The van der Waals surface area contributed by atoms with Crippen LogP contribution in [0.5, 0.6) is 0 Å². The average Bonchev–Trinajstić information content (AvgIpc) is 3.70. The van der Waals surface area contributed by atoms with Crippen LogP contribution in [0.3, 0.4) is 0 Å². The SMILES string of the molecule is C=CC1(C)C[C@@H](OC(=O)CO)C2(C)C(C)CCC3(CCC(=O)C32)[C@@H](C)C1O.C=C[C@]1(C)C[C@@H](OC(=O)CO)C2(C)C(C)CCC3(CCC(=O)C32)[C@@H](C)[C@@H]1O. The third-order valence-electron chi connectivity index (χ3n) is 17.4. The molecule has 6 saturated carbocycles. The summed E-state index contributed by atoms with van der Waals surface area (Å²) >= 11 is 0. The molecule has 54 heavy (non-hydrogen) atoms.